The normalized spacial score (nSPS) is 9.50. The molecule has 5 heteroatoms. The predicted molar refractivity (Wildman–Crippen MR) is 53.7 cm³/mol. The van der Waals surface area contributed by atoms with Crippen molar-refractivity contribution in [2.75, 3.05) is 11.1 Å². The summed E-state index contributed by atoms with van der Waals surface area (Å²) in [6, 6.07) is 4.33. The number of hydrogen-bond donors (Lipinski definition) is 1. The summed E-state index contributed by atoms with van der Waals surface area (Å²) in [6.07, 6.45) is 0. The van der Waals surface area contributed by atoms with E-state index in [1.54, 1.807) is 6.07 Å². The molecule has 1 rings (SSSR count). The molecule has 2 N–H and O–H groups in total. The van der Waals surface area contributed by atoms with Gasteiger partial charge in [0.15, 0.2) is 11.6 Å². The van der Waals surface area contributed by atoms with Crippen LogP contribution in [-0.2, 0) is 0 Å². The highest BCUT2D eigenvalue weighted by Crippen LogP contribution is 2.20. The van der Waals surface area contributed by atoms with Crippen molar-refractivity contribution in [1.29, 1.82) is 5.26 Å². The zero-order valence-corrected chi connectivity index (χ0v) is 8.64. The molecule has 0 bridgehead atoms. The number of carbonyl (C=O) groups excluding carboxylic acids is 1. The first kappa shape index (κ1) is 10.7. The van der Waals surface area contributed by atoms with Crippen molar-refractivity contribution in [2.24, 2.45) is 0 Å². The van der Waals surface area contributed by atoms with E-state index in [0.29, 0.717) is 0 Å². The Morgan fingerprint density at radius 2 is 2.29 bits per heavy atom. The maximum Gasteiger partial charge on any atom is 0.177 e. The van der Waals surface area contributed by atoms with E-state index >= 15 is 0 Å². The van der Waals surface area contributed by atoms with Crippen LogP contribution in [0.5, 0.6) is 0 Å². The average molecular weight is 257 g/mol. The molecule has 0 saturated heterocycles. The molecule has 0 spiro atoms. The van der Waals surface area contributed by atoms with E-state index in [-0.39, 0.29) is 22.1 Å². The summed E-state index contributed by atoms with van der Waals surface area (Å²) in [5.74, 6) is -1.32. The van der Waals surface area contributed by atoms with E-state index in [4.69, 9.17) is 11.0 Å². The summed E-state index contributed by atoms with van der Waals surface area (Å²) in [6.45, 7) is 0. The van der Waals surface area contributed by atoms with Crippen molar-refractivity contribution in [3.63, 3.8) is 0 Å². The molecule has 0 heterocycles. The van der Waals surface area contributed by atoms with E-state index in [1.165, 1.54) is 12.1 Å². The maximum atomic E-state index is 13.4. The number of halogens is 2. The fourth-order valence-corrected chi connectivity index (χ4v) is 1.31. The van der Waals surface area contributed by atoms with Crippen LogP contribution in [0.4, 0.5) is 10.1 Å². The number of ketones is 1. The number of alkyl halides is 1. The number of carbonyl (C=O) groups is 1. The summed E-state index contributed by atoms with van der Waals surface area (Å²) in [5, 5.41) is 8.61. The lowest BCUT2D eigenvalue weighted by Gasteiger charge is -2.04. The molecule has 0 saturated carbocycles. The van der Waals surface area contributed by atoms with Crippen LogP contribution in [0.15, 0.2) is 12.1 Å². The molecule has 0 unspecified atom stereocenters. The molecule has 0 aliphatic rings. The summed E-state index contributed by atoms with van der Waals surface area (Å²) in [7, 11) is 0. The number of Topliss-reactive ketones (excluding diaryl/α,β-unsaturated/α-hetero) is 1. The minimum Gasteiger partial charge on any atom is -0.396 e. The zero-order chi connectivity index (χ0) is 10.7. The van der Waals surface area contributed by atoms with Gasteiger partial charge >= 0.3 is 0 Å². The minimum absolute atomic E-state index is 0.00106. The van der Waals surface area contributed by atoms with Gasteiger partial charge in [-0.3, -0.25) is 4.79 Å². The van der Waals surface area contributed by atoms with Crippen molar-refractivity contribution >= 4 is 27.4 Å². The molecule has 0 aliphatic heterocycles. The predicted octanol–water partition coefficient (Wildman–Crippen LogP) is 1.86. The van der Waals surface area contributed by atoms with Crippen LogP contribution in [0.25, 0.3) is 0 Å². The Hall–Kier alpha value is -1.41. The van der Waals surface area contributed by atoms with E-state index < -0.39 is 11.6 Å². The molecule has 0 aromatic heterocycles. The highest BCUT2D eigenvalue weighted by molar-refractivity contribution is 9.09. The Bertz CT molecular complexity index is 426. The molecule has 0 atom stereocenters. The van der Waals surface area contributed by atoms with Gasteiger partial charge in [0, 0.05) is 0 Å². The maximum absolute atomic E-state index is 13.4. The Labute approximate surface area is 88.5 Å². The van der Waals surface area contributed by atoms with Gasteiger partial charge in [0.2, 0.25) is 0 Å². The summed E-state index contributed by atoms with van der Waals surface area (Å²) >= 11 is 2.91. The number of nitrogens with two attached hydrogens (primary N) is 1. The third-order valence-corrected chi connectivity index (χ3v) is 2.20. The van der Waals surface area contributed by atoms with Gasteiger partial charge in [0.05, 0.1) is 28.2 Å². The Morgan fingerprint density at radius 1 is 1.64 bits per heavy atom. The highest BCUT2D eigenvalue weighted by atomic mass is 79.9. The van der Waals surface area contributed by atoms with E-state index in [9.17, 15) is 9.18 Å². The zero-order valence-electron chi connectivity index (χ0n) is 7.05. The van der Waals surface area contributed by atoms with Gasteiger partial charge in [-0.2, -0.15) is 5.26 Å². The number of nitriles is 1. The Kier molecular flexibility index (Phi) is 3.20. The lowest BCUT2D eigenvalue weighted by atomic mass is 10.0. The lowest BCUT2D eigenvalue weighted by molar-refractivity contribution is 0.102. The second-order valence-corrected chi connectivity index (χ2v) is 3.12. The van der Waals surface area contributed by atoms with Crippen LogP contribution in [0.2, 0.25) is 0 Å². The third-order valence-electron chi connectivity index (χ3n) is 1.69. The van der Waals surface area contributed by atoms with Crippen LogP contribution in [0.1, 0.15) is 15.9 Å². The van der Waals surface area contributed by atoms with Crippen molar-refractivity contribution in [3.05, 3.63) is 29.1 Å². The molecular formula is C9H6BrFN2O. The molecule has 0 amide bonds. The van der Waals surface area contributed by atoms with Crippen LogP contribution in [-0.4, -0.2) is 11.1 Å². The minimum atomic E-state index is -0.825. The number of hydrogen-bond acceptors (Lipinski definition) is 3. The van der Waals surface area contributed by atoms with Gasteiger partial charge < -0.3 is 5.73 Å². The first-order valence-electron chi connectivity index (χ1n) is 3.69. The average Bonchev–Trinajstić information content (AvgIpc) is 2.20. The van der Waals surface area contributed by atoms with Crippen molar-refractivity contribution in [3.8, 4) is 6.07 Å². The molecule has 72 valence electrons. The van der Waals surface area contributed by atoms with Crippen LogP contribution < -0.4 is 5.73 Å². The molecule has 3 nitrogen and oxygen atoms in total. The SMILES string of the molecule is N#Cc1ccc(N)c(F)c1C(=O)CBr. The molecule has 14 heavy (non-hydrogen) atoms. The summed E-state index contributed by atoms with van der Waals surface area (Å²) in [5.41, 5.74) is 4.91. The van der Waals surface area contributed by atoms with E-state index in [1.807, 2.05) is 0 Å². The second-order valence-electron chi connectivity index (χ2n) is 2.56. The topological polar surface area (TPSA) is 66.9 Å². The fourth-order valence-electron chi connectivity index (χ4n) is 1.02. The highest BCUT2D eigenvalue weighted by Gasteiger charge is 2.17. The largest absolute Gasteiger partial charge is 0.396 e. The van der Waals surface area contributed by atoms with E-state index in [0.717, 1.165) is 0 Å². The van der Waals surface area contributed by atoms with Crippen LogP contribution >= 0.6 is 15.9 Å². The number of rotatable bonds is 2. The molecule has 1 aromatic rings. The Morgan fingerprint density at radius 3 is 2.79 bits per heavy atom. The lowest BCUT2D eigenvalue weighted by Crippen LogP contribution is -2.08. The van der Waals surface area contributed by atoms with Crippen molar-refractivity contribution in [2.45, 2.75) is 0 Å². The quantitative estimate of drug-likeness (QED) is 0.499. The third kappa shape index (κ3) is 1.75. The molecule has 0 aliphatic carbocycles. The van der Waals surface area contributed by atoms with Crippen LogP contribution in [0, 0.1) is 17.1 Å². The smallest absolute Gasteiger partial charge is 0.177 e. The van der Waals surface area contributed by atoms with Gasteiger partial charge in [-0.25, -0.2) is 4.39 Å². The van der Waals surface area contributed by atoms with Gasteiger partial charge in [-0.05, 0) is 12.1 Å². The molecule has 0 radical (unpaired) electrons. The first-order chi connectivity index (χ1) is 6.61. The molecule has 1 aromatic carbocycles. The van der Waals surface area contributed by atoms with E-state index in [2.05, 4.69) is 15.9 Å². The monoisotopic (exact) mass is 256 g/mol. The molecule has 0 fully saturated rings. The number of nitrogen functional groups attached to an aromatic ring is 1. The van der Waals surface area contributed by atoms with Gasteiger partial charge in [0.1, 0.15) is 0 Å². The fraction of sp³-hybridized carbons (Fsp3) is 0.111. The van der Waals surface area contributed by atoms with Crippen molar-refractivity contribution < 1.29 is 9.18 Å². The number of nitrogens with zero attached hydrogens (tertiary/aromatic N) is 1. The Balaban J connectivity index is 3.45. The number of anilines is 1. The first-order valence-corrected chi connectivity index (χ1v) is 4.81. The van der Waals surface area contributed by atoms with Gasteiger partial charge in [-0.1, -0.05) is 15.9 Å². The van der Waals surface area contributed by atoms with Gasteiger partial charge in [-0.15, -0.1) is 0 Å². The number of benzene rings is 1. The summed E-state index contributed by atoms with van der Waals surface area (Å²) in [4.78, 5) is 11.3. The van der Waals surface area contributed by atoms with Crippen LogP contribution in [0.3, 0.4) is 0 Å². The molecular weight excluding hydrogens is 251 g/mol. The standard InChI is InChI=1S/C9H6BrFN2O/c10-3-7(14)8-5(4-12)1-2-6(13)9(8)11/h1-2H,3,13H2. The van der Waals surface area contributed by atoms with Gasteiger partial charge in [0.25, 0.3) is 0 Å². The second kappa shape index (κ2) is 4.20. The summed E-state index contributed by atoms with van der Waals surface area (Å²) < 4.78 is 13.4. The van der Waals surface area contributed by atoms with Crippen molar-refractivity contribution in [1.82, 2.24) is 0 Å².